The number of hydrogen-bond acceptors (Lipinski definition) is 2. The van der Waals surface area contributed by atoms with Crippen LogP contribution in [0.25, 0.3) is 0 Å². The maximum absolute atomic E-state index is 5.48. The molecule has 0 radical (unpaired) electrons. The van der Waals surface area contributed by atoms with Gasteiger partial charge in [0.05, 0.1) is 12.7 Å². The normalized spacial score (nSPS) is 39.6. The third-order valence-electron chi connectivity index (χ3n) is 2.19. The number of hydrogen-bond donors (Lipinski definition) is 0. The van der Waals surface area contributed by atoms with E-state index >= 15 is 0 Å². The highest BCUT2D eigenvalue weighted by Gasteiger charge is 2.33. The molecule has 0 unspecified atom stereocenters. The monoisotopic (exact) mass is 144 g/mol. The van der Waals surface area contributed by atoms with Gasteiger partial charge in [0.1, 0.15) is 0 Å². The van der Waals surface area contributed by atoms with Gasteiger partial charge < -0.3 is 9.47 Å². The fraction of sp³-hybridized carbons (Fsp3) is 1.00. The molecule has 2 heteroatoms. The van der Waals surface area contributed by atoms with Crippen LogP contribution in [0.1, 0.15) is 27.7 Å². The summed E-state index contributed by atoms with van der Waals surface area (Å²) in [5, 5.41) is 0. The standard InChI is InChI=1S/C8H16O2/c1-6-8(3,4)5-9-7(2)10-6/h6-7H,5H2,1-4H3/t6-,7+/m1/s1. The predicted molar refractivity (Wildman–Crippen MR) is 39.7 cm³/mol. The summed E-state index contributed by atoms with van der Waals surface area (Å²) in [5.74, 6) is 0. The van der Waals surface area contributed by atoms with Gasteiger partial charge in [0.15, 0.2) is 6.29 Å². The molecule has 1 saturated heterocycles. The molecule has 1 aliphatic heterocycles. The highest BCUT2D eigenvalue weighted by atomic mass is 16.7. The van der Waals surface area contributed by atoms with Crippen molar-refractivity contribution in [1.29, 1.82) is 0 Å². The van der Waals surface area contributed by atoms with E-state index in [1.807, 2.05) is 6.92 Å². The van der Waals surface area contributed by atoms with Crippen LogP contribution in [-0.2, 0) is 9.47 Å². The third-order valence-corrected chi connectivity index (χ3v) is 2.19. The summed E-state index contributed by atoms with van der Waals surface area (Å²) in [4.78, 5) is 0. The molecule has 1 rings (SSSR count). The van der Waals surface area contributed by atoms with Crippen molar-refractivity contribution in [3.05, 3.63) is 0 Å². The van der Waals surface area contributed by atoms with Gasteiger partial charge in [-0.1, -0.05) is 13.8 Å². The van der Waals surface area contributed by atoms with E-state index in [4.69, 9.17) is 9.47 Å². The Bertz CT molecular complexity index is 120. The minimum Gasteiger partial charge on any atom is -0.352 e. The van der Waals surface area contributed by atoms with Gasteiger partial charge >= 0.3 is 0 Å². The lowest BCUT2D eigenvalue weighted by Gasteiger charge is -2.39. The zero-order chi connectivity index (χ0) is 7.78. The predicted octanol–water partition coefficient (Wildman–Crippen LogP) is 1.79. The summed E-state index contributed by atoms with van der Waals surface area (Å²) in [5.41, 5.74) is 0.173. The topological polar surface area (TPSA) is 18.5 Å². The molecular formula is C8H16O2. The van der Waals surface area contributed by atoms with Crippen LogP contribution in [-0.4, -0.2) is 19.0 Å². The minimum absolute atomic E-state index is 0.0250. The van der Waals surface area contributed by atoms with Crippen LogP contribution in [0.2, 0.25) is 0 Å². The van der Waals surface area contributed by atoms with E-state index in [2.05, 4.69) is 20.8 Å². The first-order valence-electron chi connectivity index (χ1n) is 3.79. The molecule has 1 aliphatic rings. The van der Waals surface area contributed by atoms with Crippen molar-refractivity contribution in [3.8, 4) is 0 Å². The van der Waals surface area contributed by atoms with Crippen LogP contribution in [0.15, 0.2) is 0 Å². The van der Waals surface area contributed by atoms with Crippen molar-refractivity contribution in [3.63, 3.8) is 0 Å². The molecule has 2 atom stereocenters. The molecule has 1 heterocycles. The van der Waals surface area contributed by atoms with Gasteiger partial charge in [0.2, 0.25) is 0 Å². The second-order valence-corrected chi connectivity index (χ2v) is 3.65. The summed E-state index contributed by atoms with van der Waals surface area (Å²) in [6, 6.07) is 0. The molecular weight excluding hydrogens is 128 g/mol. The number of ether oxygens (including phenoxy) is 2. The van der Waals surface area contributed by atoms with E-state index in [-0.39, 0.29) is 11.7 Å². The Morgan fingerprint density at radius 2 is 1.90 bits per heavy atom. The van der Waals surface area contributed by atoms with Gasteiger partial charge in [-0.15, -0.1) is 0 Å². The Labute approximate surface area is 62.5 Å². The van der Waals surface area contributed by atoms with Crippen molar-refractivity contribution >= 4 is 0 Å². The van der Waals surface area contributed by atoms with Gasteiger partial charge in [0, 0.05) is 5.41 Å². The fourth-order valence-electron chi connectivity index (χ4n) is 0.960. The zero-order valence-corrected chi connectivity index (χ0v) is 7.18. The Morgan fingerprint density at radius 1 is 1.30 bits per heavy atom. The van der Waals surface area contributed by atoms with Gasteiger partial charge in [-0.25, -0.2) is 0 Å². The molecule has 0 aromatic carbocycles. The van der Waals surface area contributed by atoms with Crippen LogP contribution in [0.3, 0.4) is 0 Å². The Kier molecular flexibility index (Phi) is 2.02. The highest BCUT2D eigenvalue weighted by molar-refractivity contribution is 4.78. The molecule has 0 N–H and O–H groups in total. The first kappa shape index (κ1) is 8.02. The Morgan fingerprint density at radius 3 is 2.30 bits per heavy atom. The second kappa shape index (κ2) is 2.51. The first-order chi connectivity index (χ1) is 4.52. The molecule has 0 spiro atoms. The summed E-state index contributed by atoms with van der Waals surface area (Å²) < 4.78 is 10.8. The molecule has 0 aromatic heterocycles. The molecule has 0 saturated carbocycles. The number of rotatable bonds is 0. The summed E-state index contributed by atoms with van der Waals surface area (Å²) in [6.07, 6.45) is 0.277. The molecule has 0 aliphatic carbocycles. The van der Waals surface area contributed by atoms with Crippen molar-refractivity contribution in [2.24, 2.45) is 5.41 Å². The Balaban J connectivity index is 2.52. The molecule has 10 heavy (non-hydrogen) atoms. The van der Waals surface area contributed by atoms with Crippen molar-refractivity contribution in [2.75, 3.05) is 6.61 Å². The smallest absolute Gasteiger partial charge is 0.155 e. The maximum Gasteiger partial charge on any atom is 0.155 e. The quantitative estimate of drug-likeness (QED) is 0.516. The van der Waals surface area contributed by atoms with Crippen LogP contribution in [0, 0.1) is 5.41 Å². The molecule has 0 bridgehead atoms. The van der Waals surface area contributed by atoms with E-state index in [1.54, 1.807) is 0 Å². The van der Waals surface area contributed by atoms with E-state index in [0.29, 0.717) is 6.10 Å². The van der Waals surface area contributed by atoms with Gasteiger partial charge in [-0.3, -0.25) is 0 Å². The Hall–Kier alpha value is -0.0800. The molecule has 0 amide bonds. The lowest BCUT2D eigenvalue weighted by atomic mass is 9.88. The summed E-state index contributed by atoms with van der Waals surface area (Å²) in [7, 11) is 0. The lowest BCUT2D eigenvalue weighted by Crippen LogP contribution is -2.42. The zero-order valence-electron chi connectivity index (χ0n) is 7.18. The minimum atomic E-state index is -0.0250. The van der Waals surface area contributed by atoms with Gasteiger partial charge in [0.25, 0.3) is 0 Å². The molecule has 0 aromatic rings. The average Bonchev–Trinajstić information content (AvgIpc) is 1.81. The third kappa shape index (κ3) is 1.50. The van der Waals surface area contributed by atoms with E-state index in [9.17, 15) is 0 Å². The van der Waals surface area contributed by atoms with Crippen molar-refractivity contribution in [1.82, 2.24) is 0 Å². The van der Waals surface area contributed by atoms with Crippen LogP contribution >= 0.6 is 0 Å². The highest BCUT2D eigenvalue weighted by Crippen LogP contribution is 2.29. The van der Waals surface area contributed by atoms with Crippen molar-refractivity contribution < 1.29 is 9.47 Å². The maximum atomic E-state index is 5.48. The molecule has 1 fully saturated rings. The lowest BCUT2D eigenvalue weighted by molar-refractivity contribution is -0.246. The molecule has 2 nitrogen and oxygen atoms in total. The second-order valence-electron chi connectivity index (χ2n) is 3.65. The van der Waals surface area contributed by atoms with E-state index < -0.39 is 0 Å². The first-order valence-corrected chi connectivity index (χ1v) is 3.79. The SMILES string of the molecule is C[C@H]1OCC(C)(C)[C@@H](C)O1. The van der Waals surface area contributed by atoms with Crippen LogP contribution < -0.4 is 0 Å². The fourth-order valence-corrected chi connectivity index (χ4v) is 0.960. The van der Waals surface area contributed by atoms with Gasteiger partial charge in [-0.2, -0.15) is 0 Å². The van der Waals surface area contributed by atoms with Crippen LogP contribution in [0.5, 0.6) is 0 Å². The van der Waals surface area contributed by atoms with E-state index in [1.165, 1.54) is 0 Å². The molecule has 60 valence electrons. The van der Waals surface area contributed by atoms with Crippen molar-refractivity contribution in [2.45, 2.75) is 40.1 Å². The van der Waals surface area contributed by atoms with E-state index in [0.717, 1.165) is 6.61 Å². The van der Waals surface area contributed by atoms with Gasteiger partial charge in [-0.05, 0) is 13.8 Å². The summed E-state index contributed by atoms with van der Waals surface area (Å²) in [6.45, 7) is 9.15. The average molecular weight is 144 g/mol. The van der Waals surface area contributed by atoms with Crippen LogP contribution in [0.4, 0.5) is 0 Å². The summed E-state index contributed by atoms with van der Waals surface area (Å²) >= 11 is 0. The largest absolute Gasteiger partial charge is 0.352 e.